The zero-order valence-electron chi connectivity index (χ0n) is 13.5. The minimum absolute atomic E-state index is 0.193. The van der Waals surface area contributed by atoms with Crippen molar-refractivity contribution in [3.8, 4) is 0 Å². The number of benzene rings is 1. The molecule has 2 saturated heterocycles. The molecule has 0 radical (unpaired) electrons. The molecule has 2 heterocycles. The fourth-order valence-corrected chi connectivity index (χ4v) is 2.99. The number of amides is 1. The van der Waals surface area contributed by atoms with Crippen LogP contribution in [0.15, 0.2) is 30.3 Å². The van der Waals surface area contributed by atoms with E-state index in [-0.39, 0.29) is 24.7 Å². The molecule has 0 N–H and O–H groups in total. The summed E-state index contributed by atoms with van der Waals surface area (Å²) in [7, 11) is 0. The van der Waals surface area contributed by atoms with Crippen molar-refractivity contribution in [1.82, 2.24) is 4.90 Å². The number of hydrogen-bond acceptors (Lipinski definition) is 5. The maximum atomic E-state index is 12.7. The minimum atomic E-state index is -0.700. The first-order chi connectivity index (χ1) is 10.9. The van der Waals surface area contributed by atoms with Gasteiger partial charge in [0.1, 0.15) is 6.10 Å². The van der Waals surface area contributed by atoms with Crippen LogP contribution in [0.4, 0.5) is 0 Å². The van der Waals surface area contributed by atoms with Gasteiger partial charge >= 0.3 is 5.97 Å². The van der Waals surface area contributed by atoms with Crippen LogP contribution in [-0.2, 0) is 19.0 Å². The van der Waals surface area contributed by atoms with Crippen LogP contribution in [0.3, 0.4) is 0 Å². The van der Waals surface area contributed by atoms with Gasteiger partial charge in [0.05, 0.1) is 19.3 Å². The Labute approximate surface area is 135 Å². The molecule has 124 valence electrons. The Hall–Kier alpha value is -1.92. The van der Waals surface area contributed by atoms with E-state index in [1.807, 2.05) is 19.9 Å². The summed E-state index contributed by atoms with van der Waals surface area (Å²) in [6.07, 6.45) is -0.327. The number of carbonyl (C=O) groups excluding carboxylic acids is 2. The van der Waals surface area contributed by atoms with Gasteiger partial charge in [-0.2, -0.15) is 0 Å². The maximum absolute atomic E-state index is 12.7. The SMILES string of the molecule is CCOC(=O)[C@@H]1[C@H]([C@H]2COC(C)(C)O2)N1C(=O)c1ccccc1. The molecule has 0 saturated carbocycles. The Morgan fingerprint density at radius 2 is 2.00 bits per heavy atom. The van der Waals surface area contributed by atoms with Crippen LogP contribution in [0.25, 0.3) is 0 Å². The van der Waals surface area contributed by atoms with E-state index in [0.717, 1.165) is 0 Å². The van der Waals surface area contributed by atoms with E-state index in [9.17, 15) is 9.59 Å². The number of esters is 1. The third-order valence-corrected chi connectivity index (χ3v) is 4.05. The fraction of sp³-hybridized carbons (Fsp3) is 0.529. The van der Waals surface area contributed by atoms with E-state index in [1.54, 1.807) is 31.2 Å². The molecular formula is C17H21NO5. The van der Waals surface area contributed by atoms with Crippen LogP contribution in [0, 0.1) is 0 Å². The highest BCUT2D eigenvalue weighted by Crippen LogP contribution is 2.39. The Morgan fingerprint density at radius 1 is 1.30 bits per heavy atom. The highest BCUT2D eigenvalue weighted by molar-refractivity contribution is 6.01. The van der Waals surface area contributed by atoms with Crippen LogP contribution < -0.4 is 0 Å². The molecule has 2 fully saturated rings. The fourth-order valence-electron chi connectivity index (χ4n) is 2.99. The molecule has 1 amide bonds. The van der Waals surface area contributed by atoms with Gasteiger partial charge in [-0.25, -0.2) is 4.79 Å². The summed E-state index contributed by atoms with van der Waals surface area (Å²) in [6, 6.07) is 7.95. The number of ether oxygens (including phenoxy) is 3. The summed E-state index contributed by atoms with van der Waals surface area (Å²) < 4.78 is 16.5. The second-order valence-electron chi connectivity index (χ2n) is 6.13. The molecule has 1 aromatic carbocycles. The zero-order valence-corrected chi connectivity index (χ0v) is 13.5. The number of nitrogens with zero attached hydrogens (tertiary/aromatic N) is 1. The van der Waals surface area contributed by atoms with Crippen molar-refractivity contribution in [2.24, 2.45) is 0 Å². The molecule has 23 heavy (non-hydrogen) atoms. The lowest BCUT2D eigenvalue weighted by Crippen LogP contribution is -2.28. The van der Waals surface area contributed by atoms with E-state index in [4.69, 9.17) is 14.2 Å². The number of rotatable bonds is 4. The van der Waals surface area contributed by atoms with Gasteiger partial charge in [0.2, 0.25) is 0 Å². The predicted molar refractivity (Wildman–Crippen MR) is 81.7 cm³/mol. The van der Waals surface area contributed by atoms with Crippen molar-refractivity contribution in [1.29, 1.82) is 0 Å². The van der Waals surface area contributed by atoms with Crippen molar-refractivity contribution in [2.75, 3.05) is 13.2 Å². The minimum Gasteiger partial charge on any atom is -0.464 e. The third-order valence-electron chi connectivity index (χ3n) is 4.05. The van der Waals surface area contributed by atoms with Gasteiger partial charge in [0, 0.05) is 5.56 Å². The van der Waals surface area contributed by atoms with Crippen molar-refractivity contribution in [2.45, 2.75) is 44.7 Å². The molecule has 0 unspecified atom stereocenters. The third kappa shape index (κ3) is 3.09. The van der Waals surface area contributed by atoms with Crippen molar-refractivity contribution in [3.63, 3.8) is 0 Å². The topological polar surface area (TPSA) is 64.8 Å². The van der Waals surface area contributed by atoms with E-state index in [2.05, 4.69) is 0 Å². The molecule has 2 aliphatic rings. The molecule has 0 aliphatic carbocycles. The first-order valence-electron chi connectivity index (χ1n) is 7.81. The molecule has 0 bridgehead atoms. The average Bonchev–Trinajstić information content (AvgIpc) is 3.17. The zero-order chi connectivity index (χ0) is 16.6. The molecule has 2 aliphatic heterocycles. The Kier molecular flexibility index (Phi) is 4.12. The highest BCUT2D eigenvalue weighted by atomic mass is 16.7. The monoisotopic (exact) mass is 319 g/mol. The smallest absolute Gasteiger partial charge is 0.331 e. The van der Waals surface area contributed by atoms with E-state index < -0.39 is 17.8 Å². The van der Waals surface area contributed by atoms with E-state index in [1.165, 1.54) is 4.90 Å². The second kappa shape index (κ2) is 5.94. The average molecular weight is 319 g/mol. The summed E-state index contributed by atoms with van der Waals surface area (Å²) >= 11 is 0. The normalized spacial score (nSPS) is 28.5. The Morgan fingerprint density at radius 3 is 2.57 bits per heavy atom. The number of carbonyl (C=O) groups is 2. The molecule has 3 rings (SSSR count). The Balaban J connectivity index is 1.79. The van der Waals surface area contributed by atoms with Gasteiger partial charge in [-0.1, -0.05) is 18.2 Å². The van der Waals surface area contributed by atoms with Gasteiger partial charge in [-0.3, -0.25) is 4.79 Å². The summed E-state index contributed by atoms with van der Waals surface area (Å²) in [5, 5.41) is 0. The first-order valence-corrected chi connectivity index (χ1v) is 7.81. The van der Waals surface area contributed by atoms with Gasteiger partial charge in [-0.05, 0) is 32.9 Å². The van der Waals surface area contributed by atoms with Crippen LogP contribution in [0.5, 0.6) is 0 Å². The lowest BCUT2D eigenvalue weighted by molar-refractivity contribution is -0.145. The second-order valence-corrected chi connectivity index (χ2v) is 6.13. The van der Waals surface area contributed by atoms with Crippen LogP contribution in [0.1, 0.15) is 31.1 Å². The standard InChI is InChI=1S/C17H21NO5/c1-4-21-16(20)14-13(12-10-22-17(2,3)23-12)18(14)15(19)11-8-6-5-7-9-11/h5-9,12-14H,4,10H2,1-3H3/t12-,13+,14+,18?/m1/s1. The van der Waals surface area contributed by atoms with Gasteiger partial charge in [-0.15, -0.1) is 0 Å². The van der Waals surface area contributed by atoms with Crippen LogP contribution in [-0.4, -0.2) is 54.0 Å². The molecular weight excluding hydrogens is 298 g/mol. The molecule has 6 heteroatoms. The van der Waals surface area contributed by atoms with Gasteiger partial charge in [0.15, 0.2) is 11.8 Å². The van der Waals surface area contributed by atoms with Crippen molar-refractivity contribution in [3.05, 3.63) is 35.9 Å². The summed E-state index contributed by atoms with van der Waals surface area (Å²) in [6.45, 7) is 6.02. The van der Waals surface area contributed by atoms with Gasteiger partial charge in [0.25, 0.3) is 5.91 Å². The predicted octanol–water partition coefficient (Wildman–Crippen LogP) is 1.59. The van der Waals surface area contributed by atoms with Gasteiger partial charge < -0.3 is 19.1 Å². The quantitative estimate of drug-likeness (QED) is 0.623. The lowest BCUT2D eigenvalue weighted by atomic mass is 10.2. The van der Waals surface area contributed by atoms with Crippen LogP contribution >= 0.6 is 0 Å². The van der Waals surface area contributed by atoms with E-state index in [0.29, 0.717) is 12.2 Å². The molecule has 3 atom stereocenters. The van der Waals surface area contributed by atoms with Crippen molar-refractivity contribution < 1.29 is 23.8 Å². The number of hydrogen-bond donors (Lipinski definition) is 0. The summed E-state index contributed by atoms with van der Waals surface area (Å²) in [4.78, 5) is 26.4. The largest absolute Gasteiger partial charge is 0.464 e. The van der Waals surface area contributed by atoms with E-state index >= 15 is 0 Å². The highest BCUT2D eigenvalue weighted by Gasteiger charge is 2.62. The summed E-state index contributed by atoms with van der Waals surface area (Å²) in [5.41, 5.74) is 0.544. The first kappa shape index (κ1) is 16.0. The molecule has 0 spiro atoms. The molecule has 6 nitrogen and oxygen atoms in total. The maximum Gasteiger partial charge on any atom is 0.331 e. The Bertz CT molecular complexity index is 600. The molecule has 1 aromatic rings. The van der Waals surface area contributed by atoms with Crippen molar-refractivity contribution >= 4 is 11.9 Å². The molecule has 0 aromatic heterocycles. The lowest BCUT2D eigenvalue weighted by Gasteiger charge is -2.16. The summed E-state index contributed by atoms with van der Waals surface area (Å²) in [5.74, 6) is -1.29. The van der Waals surface area contributed by atoms with Crippen LogP contribution in [0.2, 0.25) is 0 Å².